The molecule has 1 aromatic heterocycles. The summed E-state index contributed by atoms with van der Waals surface area (Å²) in [6.45, 7) is 2.13. The Morgan fingerprint density at radius 2 is 2.15 bits per heavy atom. The fraction of sp³-hybridized carbons (Fsp3) is 0.467. The van der Waals surface area contributed by atoms with E-state index in [1.165, 1.54) is 9.71 Å². The van der Waals surface area contributed by atoms with Gasteiger partial charge < -0.3 is 10.2 Å². The van der Waals surface area contributed by atoms with Crippen molar-refractivity contribution in [3.05, 3.63) is 29.3 Å². The maximum atomic E-state index is 11.8. The number of aromatic nitrogens is 1. The molecular formula is C15H19N3OS. The number of nitrogens with zero attached hydrogens (tertiary/aromatic N) is 2. The van der Waals surface area contributed by atoms with Crippen LogP contribution in [-0.2, 0) is 4.79 Å². The molecule has 1 fully saturated rings. The van der Waals surface area contributed by atoms with Crippen LogP contribution in [0.4, 0.5) is 0 Å². The molecule has 0 atom stereocenters. The molecule has 1 aliphatic heterocycles. The van der Waals surface area contributed by atoms with Crippen LogP contribution in [0.3, 0.4) is 0 Å². The maximum absolute atomic E-state index is 11.8. The molecule has 2 heterocycles. The van der Waals surface area contributed by atoms with Gasteiger partial charge >= 0.3 is 0 Å². The molecule has 0 saturated carbocycles. The van der Waals surface area contributed by atoms with Gasteiger partial charge in [0.2, 0.25) is 5.91 Å². The molecule has 106 valence electrons. The number of likely N-dealkylation sites (N-methyl/N-ethyl adjacent to an activating group) is 1. The summed E-state index contributed by atoms with van der Waals surface area (Å²) in [5.74, 6) is 0.710. The number of rotatable bonds is 3. The van der Waals surface area contributed by atoms with E-state index in [1.54, 1.807) is 11.3 Å². The molecule has 1 amide bonds. The number of carbonyl (C=O) groups is 1. The molecule has 20 heavy (non-hydrogen) atoms. The highest BCUT2D eigenvalue weighted by Gasteiger charge is 2.25. The van der Waals surface area contributed by atoms with Crippen molar-refractivity contribution in [2.75, 3.05) is 26.7 Å². The van der Waals surface area contributed by atoms with E-state index in [1.807, 2.05) is 18.0 Å². The number of para-hydroxylation sites is 1. The van der Waals surface area contributed by atoms with Crippen LogP contribution in [-0.4, -0.2) is 42.5 Å². The number of nitrogens with one attached hydrogen (secondary N) is 1. The summed E-state index contributed by atoms with van der Waals surface area (Å²) in [5, 5.41) is 4.15. The van der Waals surface area contributed by atoms with Gasteiger partial charge in [-0.25, -0.2) is 4.98 Å². The Morgan fingerprint density at radius 3 is 2.85 bits per heavy atom. The number of carbonyl (C=O) groups excluding carboxylic acids is 1. The number of likely N-dealkylation sites (tertiary alicyclic amines) is 1. The summed E-state index contributed by atoms with van der Waals surface area (Å²) < 4.78 is 1.26. The minimum atomic E-state index is 0.204. The molecule has 1 aliphatic rings. The predicted octanol–water partition coefficient (Wildman–Crippen LogP) is 2.22. The molecule has 0 aliphatic carbocycles. The Hall–Kier alpha value is -1.46. The highest BCUT2D eigenvalue weighted by molar-refractivity contribution is 7.18. The summed E-state index contributed by atoms with van der Waals surface area (Å²) in [4.78, 5) is 18.5. The van der Waals surface area contributed by atoms with Crippen LogP contribution in [0.25, 0.3) is 10.2 Å². The normalized spacial score (nSPS) is 16.8. The van der Waals surface area contributed by atoms with Crippen LogP contribution in [0.2, 0.25) is 0 Å². The molecule has 0 unspecified atom stereocenters. The third-order valence-electron chi connectivity index (χ3n) is 3.84. The smallest absolute Gasteiger partial charge is 0.236 e. The number of thiazole rings is 1. The summed E-state index contributed by atoms with van der Waals surface area (Å²) in [6.07, 6.45) is 2.05. The molecule has 5 heteroatoms. The van der Waals surface area contributed by atoms with Crippen molar-refractivity contribution in [2.24, 2.45) is 0 Å². The molecule has 1 N–H and O–H groups in total. The van der Waals surface area contributed by atoms with Gasteiger partial charge in [0.1, 0.15) is 0 Å². The molecule has 2 aromatic rings. The molecule has 1 aromatic carbocycles. The lowest BCUT2D eigenvalue weighted by Crippen LogP contribution is -2.41. The standard InChI is InChI=1S/C15H19N3OS/c1-16-10-14(19)18-8-6-11(7-9-18)15-17-12-4-2-3-5-13(12)20-15/h2-5,11,16H,6-10H2,1H3. The van der Waals surface area contributed by atoms with Gasteiger partial charge in [-0.2, -0.15) is 0 Å². The zero-order valence-corrected chi connectivity index (χ0v) is 12.4. The first kappa shape index (κ1) is 13.5. The Morgan fingerprint density at radius 1 is 1.40 bits per heavy atom. The molecule has 0 bridgehead atoms. The third kappa shape index (κ3) is 2.69. The van der Waals surface area contributed by atoms with Crippen molar-refractivity contribution in [3.8, 4) is 0 Å². The summed E-state index contributed by atoms with van der Waals surface area (Å²) in [6, 6.07) is 8.29. The van der Waals surface area contributed by atoms with Crippen molar-refractivity contribution in [3.63, 3.8) is 0 Å². The summed E-state index contributed by atoms with van der Waals surface area (Å²) in [7, 11) is 1.81. The zero-order chi connectivity index (χ0) is 13.9. The summed E-state index contributed by atoms with van der Waals surface area (Å²) in [5.41, 5.74) is 1.10. The van der Waals surface area contributed by atoms with Crippen molar-refractivity contribution < 1.29 is 4.79 Å². The van der Waals surface area contributed by atoms with Gasteiger partial charge in [0.05, 0.1) is 21.8 Å². The lowest BCUT2D eigenvalue weighted by Gasteiger charge is -2.31. The first-order chi connectivity index (χ1) is 9.78. The lowest BCUT2D eigenvalue weighted by atomic mass is 9.97. The fourth-order valence-corrected chi connectivity index (χ4v) is 3.84. The maximum Gasteiger partial charge on any atom is 0.236 e. The monoisotopic (exact) mass is 289 g/mol. The predicted molar refractivity (Wildman–Crippen MR) is 82.1 cm³/mol. The number of benzene rings is 1. The number of hydrogen-bond donors (Lipinski definition) is 1. The van der Waals surface area contributed by atoms with Crippen molar-refractivity contribution >= 4 is 27.5 Å². The van der Waals surface area contributed by atoms with E-state index < -0.39 is 0 Å². The van der Waals surface area contributed by atoms with Gasteiger partial charge in [-0.3, -0.25) is 4.79 Å². The Bertz CT molecular complexity index is 569. The highest BCUT2D eigenvalue weighted by atomic mass is 32.1. The van der Waals surface area contributed by atoms with Gasteiger partial charge in [-0.1, -0.05) is 12.1 Å². The largest absolute Gasteiger partial charge is 0.342 e. The van der Waals surface area contributed by atoms with Crippen molar-refractivity contribution in [2.45, 2.75) is 18.8 Å². The minimum Gasteiger partial charge on any atom is -0.342 e. The number of piperidine rings is 1. The summed E-state index contributed by atoms with van der Waals surface area (Å²) >= 11 is 1.80. The average molecular weight is 289 g/mol. The molecule has 1 saturated heterocycles. The molecule has 4 nitrogen and oxygen atoms in total. The van der Waals surface area contributed by atoms with E-state index in [-0.39, 0.29) is 5.91 Å². The van der Waals surface area contributed by atoms with E-state index >= 15 is 0 Å². The quantitative estimate of drug-likeness (QED) is 0.942. The van der Waals surface area contributed by atoms with E-state index in [2.05, 4.69) is 23.5 Å². The Labute approximate surface area is 122 Å². The van der Waals surface area contributed by atoms with Gasteiger partial charge in [-0.15, -0.1) is 11.3 Å². The SMILES string of the molecule is CNCC(=O)N1CCC(c2nc3ccccc3s2)CC1. The van der Waals surface area contributed by atoms with Crippen molar-refractivity contribution in [1.29, 1.82) is 0 Å². The second-order valence-electron chi connectivity index (χ2n) is 5.21. The third-order valence-corrected chi connectivity index (χ3v) is 5.03. The van der Waals surface area contributed by atoms with Crippen LogP contribution >= 0.6 is 11.3 Å². The van der Waals surface area contributed by atoms with Crippen LogP contribution in [0, 0.1) is 0 Å². The van der Waals surface area contributed by atoms with Gasteiger partial charge in [0.15, 0.2) is 0 Å². The Kier molecular flexibility index (Phi) is 3.98. The zero-order valence-electron chi connectivity index (χ0n) is 11.6. The molecular weight excluding hydrogens is 270 g/mol. The number of amides is 1. The number of fused-ring (bicyclic) bond motifs is 1. The second kappa shape index (κ2) is 5.89. The highest BCUT2D eigenvalue weighted by Crippen LogP contribution is 2.33. The topological polar surface area (TPSA) is 45.2 Å². The minimum absolute atomic E-state index is 0.204. The lowest BCUT2D eigenvalue weighted by molar-refractivity contribution is -0.131. The van der Waals surface area contributed by atoms with E-state index in [9.17, 15) is 4.79 Å². The number of hydrogen-bond acceptors (Lipinski definition) is 4. The first-order valence-electron chi connectivity index (χ1n) is 7.06. The van der Waals surface area contributed by atoms with E-state index in [0.717, 1.165) is 31.4 Å². The Balaban J connectivity index is 1.67. The average Bonchev–Trinajstić information content (AvgIpc) is 2.91. The molecule has 0 radical (unpaired) electrons. The first-order valence-corrected chi connectivity index (χ1v) is 7.87. The van der Waals surface area contributed by atoms with Gasteiger partial charge in [0, 0.05) is 19.0 Å². The van der Waals surface area contributed by atoms with E-state index in [4.69, 9.17) is 4.98 Å². The fourth-order valence-electron chi connectivity index (χ4n) is 2.70. The van der Waals surface area contributed by atoms with Gasteiger partial charge in [0.25, 0.3) is 0 Å². The van der Waals surface area contributed by atoms with Crippen LogP contribution in [0.1, 0.15) is 23.8 Å². The molecule has 0 spiro atoms. The van der Waals surface area contributed by atoms with E-state index in [0.29, 0.717) is 12.5 Å². The van der Waals surface area contributed by atoms with Crippen molar-refractivity contribution in [1.82, 2.24) is 15.2 Å². The van der Waals surface area contributed by atoms with Crippen LogP contribution in [0.5, 0.6) is 0 Å². The second-order valence-corrected chi connectivity index (χ2v) is 6.27. The van der Waals surface area contributed by atoms with Crippen LogP contribution in [0.15, 0.2) is 24.3 Å². The van der Waals surface area contributed by atoms with Crippen LogP contribution < -0.4 is 5.32 Å². The van der Waals surface area contributed by atoms with Gasteiger partial charge in [-0.05, 0) is 32.0 Å². The molecule has 3 rings (SSSR count).